The van der Waals surface area contributed by atoms with E-state index in [1.54, 1.807) is 7.11 Å². The summed E-state index contributed by atoms with van der Waals surface area (Å²) in [5, 5.41) is 3.24. The number of rotatable bonds is 5. The number of ether oxygens (including phenoxy) is 1. The average molecular weight is 257 g/mol. The average Bonchev–Trinajstić information content (AvgIpc) is 2.44. The minimum absolute atomic E-state index is 0.681. The van der Waals surface area contributed by atoms with Gasteiger partial charge in [0.2, 0.25) is 0 Å². The van der Waals surface area contributed by atoms with Crippen LogP contribution in [0.15, 0.2) is 30.3 Å². The van der Waals surface area contributed by atoms with Crippen LogP contribution in [0.1, 0.15) is 18.4 Å². The van der Waals surface area contributed by atoms with Crippen LogP contribution in [0.3, 0.4) is 0 Å². The molecule has 1 aromatic carbocycles. The second-order valence-electron chi connectivity index (χ2n) is 4.29. The summed E-state index contributed by atoms with van der Waals surface area (Å²) in [7, 11) is 1.67. The van der Waals surface area contributed by atoms with E-state index in [-0.39, 0.29) is 0 Å². The molecule has 0 unspecified atom stereocenters. The molecule has 0 saturated carbocycles. The lowest BCUT2D eigenvalue weighted by Crippen LogP contribution is -2.15. The van der Waals surface area contributed by atoms with Gasteiger partial charge in [0.15, 0.2) is 0 Å². The fourth-order valence-corrected chi connectivity index (χ4v) is 1.94. The lowest BCUT2D eigenvalue weighted by molar-refractivity contribution is 0.416. The van der Waals surface area contributed by atoms with E-state index in [0.29, 0.717) is 6.54 Å². The van der Waals surface area contributed by atoms with E-state index in [1.807, 2.05) is 37.3 Å². The minimum atomic E-state index is 0.681. The Morgan fingerprint density at radius 2 is 2.00 bits per heavy atom. The molecule has 100 valence electrons. The van der Waals surface area contributed by atoms with E-state index in [4.69, 9.17) is 4.74 Å². The van der Waals surface area contributed by atoms with E-state index in [2.05, 4.69) is 22.2 Å². The molecule has 0 radical (unpaired) electrons. The van der Waals surface area contributed by atoms with Crippen LogP contribution in [0.4, 0.5) is 0 Å². The third-order valence-electron chi connectivity index (χ3n) is 2.82. The Morgan fingerprint density at radius 3 is 2.74 bits per heavy atom. The molecule has 0 aliphatic rings. The Kier molecular flexibility index (Phi) is 4.47. The SMILES string of the molecule is CCNCc1nc(C)cc(-c2ccccc2OC)n1. The number of aromatic nitrogens is 2. The van der Waals surface area contributed by atoms with Crippen molar-refractivity contribution in [2.75, 3.05) is 13.7 Å². The van der Waals surface area contributed by atoms with Crippen LogP contribution < -0.4 is 10.1 Å². The molecule has 4 nitrogen and oxygen atoms in total. The maximum Gasteiger partial charge on any atom is 0.143 e. The summed E-state index contributed by atoms with van der Waals surface area (Å²) in [6, 6.07) is 9.87. The maximum atomic E-state index is 5.38. The van der Waals surface area contributed by atoms with Gasteiger partial charge in [-0.3, -0.25) is 0 Å². The predicted octanol–water partition coefficient (Wildman–Crippen LogP) is 2.57. The van der Waals surface area contributed by atoms with Crippen LogP contribution in [0, 0.1) is 6.92 Å². The molecule has 0 amide bonds. The van der Waals surface area contributed by atoms with Crippen molar-refractivity contribution in [3.8, 4) is 17.0 Å². The van der Waals surface area contributed by atoms with Crippen molar-refractivity contribution in [3.63, 3.8) is 0 Å². The van der Waals surface area contributed by atoms with Gasteiger partial charge in [-0.15, -0.1) is 0 Å². The molecule has 0 aliphatic heterocycles. The number of methoxy groups -OCH3 is 1. The monoisotopic (exact) mass is 257 g/mol. The van der Waals surface area contributed by atoms with Gasteiger partial charge in [0.1, 0.15) is 11.6 Å². The van der Waals surface area contributed by atoms with E-state index in [1.165, 1.54) is 0 Å². The number of benzene rings is 1. The molecule has 2 aromatic rings. The van der Waals surface area contributed by atoms with Crippen LogP contribution in [0.2, 0.25) is 0 Å². The van der Waals surface area contributed by atoms with Gasteiger partial charge in [0, 0.05) is 11.3 Å². The van der Waals surface area contributed by atoms with Crippen LogP contribution in [0.25, 0.3) is 11.3 Å². The molecule has 19 heavy (non-hydrogen) atoms. The zero-order chi connectivity index (χ0) is 13.7. The first-order valence-electron chi connectivity index (χ1n) is 6.43. The lowest BCUT2D eigenvalue weighted by Gasteiger charge is -2.10. The Bertz CT molecular complexity index is 555. The zero-order valence-corrected chi connectivity index (χ0v) is 11.6. The van der Waals surface area contributed by atoms with E-state index < -0.39 is 0 Å². The van der Waals surface area contributed by atoms with Gasteiger partial charge in [-0.2, -0.15) is 0 Å². The predicted molar refractivity (Wildman–Crippen MR) is 76.1 cm³/mol. The molecule has 0 saturated heterocycles. The highest BCUT2D eigenvalue weighted by atomic mass is 16.5. The topological polar surface area (TPSA) is 47.0 Å². The van der Waals surface area contributed by atoms with Crippen molar-refractivity contribution >= 4 is 0 Å². The number of hydrogen-bond acceptors (Lipinski definition) is 4. The minimum Gasteiger partial charge on any atom is -0.496 e. The molecule has 1 heterocycles. The van der Waals surface area contributed by atoms with Gasteiger partial charge in [0.05, 0.1) is 19.3 Å². The van der Waals surface area contributed by atoms with Gasteiger partial charge in [-0.05, 0) is 31.7 Å². The molecule has 1 N–H and O–H groups in total. The van der Waals surface area contributed by atoms with E-state index in [0.717, 1.165) is 35.1 Å². The summed E-state index contributed by atoms with van der Waals surface area (Å²) in [6.45, 7) is 5.63. The summed E-state index contributed by atoms with van der Waals surface area (Å²) in [5.41, 5.74) is 2.86. The summed E-state index contributed by atoms with van der Waals surface area (Å²) >= 11 is 0. The smallest absolute Gasteiger partial charge is 0.143 e. The number of hydrogen-bond donors (Lipinski definition) is 1. The molecule has 2 rings (SSSR count). The molecule has 1 aromatic heterocycles. The Morgan fingerprint density at radius 1 is 1.21 bits per heavy atom. The molecule has 0 fully saturated rings. The van der Waals surface area contributed by atoms with Gasteiger partial charge < -0.3 is 10.1 Å². The van der Waals surface area contributed by atoms with Gasteiger partial charge in [0.25, 0.3) is 0 Å². The van der Waals surface area contributed by atoms with Crippen molar-refractivity contribution in [3.05, 3.63) is 41.9 Å². The fraction of sp³-hybridized carbons (Fsp3) is 0.333. The summed E-state index contributed by atoms with van der Waals surface area (Å²) < 4.78 is 5.38. The molecule has 0 spiro atoms. The quantitative estimate of drug-likeness (QED) is 0.894. The highest BCUT2D eigenvalue weighted by Gasteiger charge is 2.08. The van der Waals surface area contributed by atoms with Crippen molar-refractivity contribution in [2.24, 2.45) is 0 Å². The van der Waals surface area contributed by atoms with Gasteiger partial charge in [-0.25, -0.2) is 9.97 Å². The number of aryl methyl sites for hydroxylation is 1. The zero-order valence-electron chi connectivity index (χ0n) is 11.6. The first-order chi connectivity index (χ1) is 9.24. The molecule has 0 bridgehead atoms. The largest absolute Gasteiger partial charge is 0.496 e. The maximum absolute atomic E-state index is 5.38. The fourth-order valence-electron chi connectivity index (χ4n) is 1.94. The highest BCUT2D eigenvalue weighted by molar-refractivity contribution is 5.67. The van der Waals surface area contributed by atoms with Crippen molar-refractivity contribution in [1.29, 1.82) is 0 Å². The third kappa shape index (κ3) is 3.29. The molecular formula is C15H19N3O. The van der Waals surface area contributed by atoms with E-state index in [9.17, 15) is 0 Å². The normalized spacial score (nSPS) is 10.5. The summed E-state index contributed by atoms with van der Waals surface area (Å²) in [6.07, 6.45) is 0. The first kappa shape index (κ1) is 13.5. The second-order valence-corrected chi connectivity index (χ2v) is 4.29. The standard InChI is InChI=1S/C15H19N3O/c1-4-16-10-15-17-11(2)9-13(18-15)12-7-5-6-8-14(12)19-3/h5-9,16H,4,10H2,1-3H3. The van der Waals surface area contributed by atoms with Crippen molar-refractivity contribution < 1.29 is 4.74 Å². The summed E-state index contributed by atoms with van der Waals surface area (Å²) in [4.78, 5) is 9.03. The number of para-hydroxylation sites is 1. The van der Waals surface area contributed by atoms with Gasteiger partial charge in [-0.1, -0.05) is 19.1 Å². The van der Waals surface area contributed by atoms with E-state index >= 15 is 0 Å². The number of nitrogens with zero attached hydrogens (tertiary/aromatic N) is 2. The summed E-state index contributed by atoms with van der Waals surface area (Å²) in [5.74, 6) is 1.64. The molecule has 0 aliphatic carbocycles. The Balaban J connectivity index is 2.41. The Hall–Kier alpha value is -1.94. The highest BCUT2D eigenvalue weighted by Crippen LogP contribution is 2.28. The molecule has 4 heteroatoms. The first-order valence-corrected chi connectivity index (χ1v) is 6.43. The second kappa shape index (κ2) is 6.29. The third-order valence-corrected chi connectivity index (χ3v) is 2.82. The molecular weight excluding hydrogens is 238 g/mol. The van der Waals surface area contributed by atoms with Gasteiger partial charge >= 0.3 is 0 Å². The Labute approximate surface area is 113 Å². The van der Waals surface area contributed by atoms with Crippen LogP contribution in [-0.2, 0) is 6.54 Å². The van der Waals surface area contributed by atoms with Crippen molar-refractivity contribution in [2.45, 2.75) is 20.4 Å². The lowest BCUT2D eigenvalue weighted by atomic mass is 10.1. The van der Waals surface area contributed by atoms with Crippen LogP contribution >= 0.6 is 0 Å². The molecule has 0 atom stereocenters. The number of nitrogens with one attached hydrogen (secondary N) is 1. The van der Waals surface area contributed by atoms with Crippen molar-refractivity contribution in [1.82, 2.24) is 15.3 Å². The van der Waals surface area contributed by atoms with Crippen LogP contribution in [-0.4, -0.2) is 23.6 Å². The van der Waals surface area contributed by atoms with Crippen LogP contribution in [0.5, 0.6) is 5.75 Å².